The van der Waals surface area contributed by atoms with Gasteiger partial charge in [-0.3, -0.25) is 4.79 Å². The lowest BCUT2D eigenvalue weighted by molar-refractivity contribution is -0.159. The summed E-state index contributed by atoms with van der Waals surface area (Å²) >= 11 is 0. The number of methoxy groups -OCH3 is 1. The third-order valence-electron chi connectivity index (χ3n) is 6.55. The van der Waals surface area contributed by atoms with Crippen molar-refractivity contribution in [2.24, 2.45) is 17.3 Å². The average molecular weight is 326 g/mol. The van der Waals surface area contributed by atoms with Crippen molar-refractivity contribution in [1.82, 2.24) is 0 Å². The number of hydrogen-bond acceptors (Lipinski definition) is 3. The summed E-state index contributed by atoms with van der Waals surface area (Å²) in [6.07, 6.45) is 6.53. The molecule has 1 aliphatic heterocycles. The Kier molecular flexibility index (Phi) is 3.70. The number of allylic oxidation sites excluding steroid dienone is 1. The van der Waals surface area contributed by atoms with Gasteiger partial charge in [0.1, 0.15) is 12.4 Å². The summed E-state index contributed by atoms with van der Waals surface area (Å²) in [5.41, 5.74) is 3.73. The van der Waals surface area contributed by atoms with Crippen LogP contribution in [0.2, 0.25) is 0 Å². The molecule has 2 aliphatic carbocycles. The molecule has 0 saturated heterocycles. The van der Waals surface area contributed by atoms with E-state index in [9.17, 15) is 4.79 Å². The van der Waals surface area contributed by atoms with Crippen molar-refractivity contribution in [3.63, 3.8) is 0 Å². The van der Waals surface area contributed by atoms with Gasteiger partial charge in [-0.15, -0.1) is 0 Å². The quantitative estimate of drug-likeness (QED) is 0.571. The number of ether oxygens (including phenoxy) is 2. The van der Waals surface area contributed by atoms with Gasteiger partial charge in [-0.05, 0) is 86.1 Å². The minimum atomic E-state index is -0.358. The molecule has 0 aromatic heterocycles. The largest absolute Gasteiger partial charge is 0.497 e. The zero-order valence-electron chi connectivity index (χ0n) is 14.8. The Hall–Kier alpha value is -1.77. The van der Waals surface area contributed by atoms with Crippen molar-refractivity contribution in [3.05, 3.63) is 41.0 Å². The van der Waals surface area contributed by atoms with Gasteiger partial charge >= 0.3 is 5.97 Å². The molecule has 0 amide bonds. The summed E-state index contributed by atoms with van der Waals surface area (Å²) in [5, 5.41) is 0. The molecule has 1 aromatic rings. The Balaban J connectivity index is 1.74. The fourth-order valence-electron chi connectivity index (χ4n) is 5.18. The van der Waals surface area contributed by atoms with Crippen LogP contribution in [-0.2, 0) is 16.0 Å². The van der Waals surface area contributed by atoms with Crippen LogP contribution in [-0.4, -0.2) is 19.7 Å². The molecule has 0 N–H and O–H groups in total. The van der Waals surface area contributed by atoms with Crippen LogP contribution in [0.3, 0.4) is 0 Å². The van der Waals surface area contributed by atoms with Gasteiger partial charge in [-0.1, -0.05) is 12.1 Å². The minimum absolute atomic E-state index is 0.000391. The number of carbonyl (C=O) groups excluding carboxylic acids is 1. The van der Waals surface area contributed by atoms with Crippen LogP contribution in [0.25, 0.3) is 0 Å². The van der Waals surface area contributed by atoms with Gasteiger partial charge in [0.05, 0.1) is 12.5 Å². The van der Waals surface area contributed by atoms with Crippen molar-refractivity contribution < 1.29 is 14.3 Å². The van der Waals surface area contributed by atoms with Crippen LogP contribution in [0.1, 0.15) is 50.2 Å². The smallest absolute Gasteiger partial charge is 0.312 e. The minimum Gasteiger partial charge on any atom is -0.497 e. The van der Waals surface area contributed by atoms with Gasteiger partial charge in [0, 0.05) is 0 Å². The highest BCUT2D eigenvalue weighted by Gasteiger charge is 2.52. The van der Waals surface area contributed by atoms with Crippen LogP contribution in [0.15, 0.2) is 29.8 Å². The summed E-state index contributed by atoms with van der Waals surface area (Å²) in [4.78, 5) is 12.6. The Labute approximate surface area is 144 Å². The molecule has 4 atom stereocenters. The van der Waals surface area contributed by atoms with Crippen molar-refractivity contribution in [2.75, 3.05) is 13.7 Å². The van der Waals surface area contributed by atoms with E-state index in [4.69, 9.17) is 9.47 Å². The molecule has 0 radical (unpaired) electrons. The molecule has 3 aliphatic rings. The monoisotopic (exact) mass is 326 g/mol. The first-order valence-electron chi connectivity index (χ1n) is 9.04. The lowest BCUT2D eigenvalue weighted by atomic mass is 9.54. The predicted molar refractivity (Wildman–Crippen MR) is 93.1 cm³/mol. The number of cyclic esters (lactones) is 1. The summed E-state index contributed by atoms with van der Waals surface area (Å²) in [5.74, 6) is 2.32. The molecular formula is C21H26O3. The number of hydrogen-bond donors (Lipinski definition) is 0. The maximum absolute atomic E-state index is 12.6. The SMILES string of the molecule is COc1ccc2c(c1)CC[C@@H]1[C@@H]2CC[C@]2(C)C(=O)OCC(C)=C[C@@H]12. The lowest BCUT2D eigenvalue weighted by Crippen LogP contribution is -2.46. The fourth-order valence-corrected chi connectivity index (χ4v) is 5.18. The summed E-state index contributed by atoms with van der Waals surface area (Å²) in [6, 6.07) is 6.53. The van der Waals surface area contributed by atoms with E-state index in [1.165, 1.54) is 16.7 Å². The van der Waals surface area contributed by atoms with Gasteiger partial charge < -0.3 is 9.47 Å². The van der Waals surface area contributed by atoms with E-state index >= 15 is 0 Å². The topological polar surface area (TPSA) is 35.5 Å². The van der Waals surface area contributed by atoms with E-state index in [0.29, 0.717) is 24.4 Å². The Morgan fingerprint density at radius 2 is 2.12 bits per heavy atom. The number of aryl methyl sites for hydroxylation is 1. The summed E-state index contributed by atoms with van der Waals surface area (Å²) in [7, 11) is 1.73. The van der Waals surface area contributed by atoms with E-state index < -0.39 is 0 Å². The zero-order chi connectivity index (χ0) is 16.9. The highest BCUT2D eigenvalue weighted by molar-refractivity contribution is 5.78. The molecule has 1 aromatic carbocycles. The van der Waals surface area contributed by atoms with Gasteiger partial charge in [-0.2, -0.15) is 0 Å². The Morgan fingerprint density at radius 3 is 2.92 bits per heavy atom. The number of fused-ring (bicyclic) bond motifs is 5. The second-order valence-corrected chi connectivity index (χ2v) is 7.94. The normalized spacial score (nSPS) is 34.9. The van der Waals surface area contributed by atoms with E-state index in [0.717, 1.165) is 31.4 Å². The molecule has 3 nitrogen and oxygen atoms in total. The van der Waals surface area contributed by atoms with Crippen LogP contribution in [0, 0.1) is 17.3 Å². The molecular weight excluding hydrogens is 300 g/mol. The van der Waals surface area contributed by atoms with Crippen LogP contribution >= 0.6 is 0 Å². The Bertz CT molecular complexity index is 705. The molecule has 0 bridgehead atoms. The Morgan fingerprint density at radius 1 is 1.29 bits per heavy atom. The van der Waals surface area contributed by atoms with Crippen molar-refractivity contribution in [1.29, 1.82) is 0 Å². The van der Waals surface area contributed by atoms with Crippen LogP contribution in [0.4, 0.5) is 0 Å². The first-order valence-corrected chi connectivity index (χ1v) is 9.04. The molecule has 24 heavy (non-hydrogen) atoms. The highest BCUT2D eigenvalue weighted by atomic mass is 16.5. The number of benzene rings is 1. The predicted octanol–water partition coefficient (Wildman–Crippen LogP) is 4.26. The van der Waals surface area contributed by atoms with Crippen molar-refractivity contribution >= 4 is 5.97 Å². The van der Waals surface area contributed by atoms with Crippen LogP contribution in [0.5, 0.6) is 5.75 Å². The van der Waals surface area contributed by atoms with Crippen LogP contribution < -0.4 is 4.74 Å². The molecule has 128 valence electrons. The standard InChI is InChI=1S/C21H26O3/c1-13-10-19-18-6-4-14-11-15(23-3)5-7-16(14)17(18)8-9-21(19,2)20(22)24-12-13/h5,7,10-11,17-19H,4,6,8-9,12H2,1-3H3/t17-,18-,19+,21+/m1/s1. The van der Waals surface area contributed by atoms with Crippen molar-refractivity contribution in [2.45, 2.75) is 45.4 Å². The molecule has 4 rings (SSSR count). The number of esters is 1. The molecule has 1 fully saturated rings. The second-order valence-electron chi connectivity index (χ2n) is 7.94. The fraction of sp³-hybridized carbons (Fsp3) is 0.571. The van der Waals surface area contributed by atoms with E-state index in [1.54, 1.807) is 7.11 Å². The van der Waals surface area contributed by atoms with E-state index in [1.807, 2.05) is 0 Å². The maximum atomic E-state index is 12.6. The average Bonchev–Trinajstić information content (AvgIpc) is 2.71. The second kappa shape index (κ2) is 5.65. The molecule has 0 unspecified atom stereocenters. The first-order chi connectivity index (χ1) is 11.5. The van der Waals surface area contributed by atoms with Gasteiger partial charge in [0.25, 0.3) is 0 Å². The van der Waals surface area contributed by atoms with E-state index in [2.05, 4.69) is 38.1 Å². The number of carbonyl (C=O) groups is 1. The van der Waals surface area contributed by atoms with Gasteiger partial charge in [0.2, 0.25) is 0 Å². The molecule has 1 heterocycles. The molecule has 0 spiro atoms. The van der Waals surface area contributed by atoms with Crippen molar-refractivity contribution in [3.8, 4) is 5.75 Å². The first kappa shape index (κ1) is 15.7. The molecule has 3 heteroatoms. The summed E-state index contributed by atoms with van der Waals surface area (Å²) in [6.45, 7) is 4.66. The number of rotatable bonds is 1. The third-order valence-corrected chi connectivity index (χ3v) is 6.55. The summed E-state index contributed by atoms with van der Waals surface area (Å²) < 4.78 is 10.9. The van der Waals surface area contributed by atoms with Gasteiger partial charge in [-0.25, -0.2) is 0 Å². The van der Waals surface area contributed by atoms with E-state index in [-0.39, 0.29) is 11.4 Å². The molecule has 1 saturated carbocycles. The van der Waals surface area contributed by atoms with Gasteiger partial charge in [0.15, 0.2) is 0 Å². The maximum Gasteiger partial charge on any atom is 0.312 e. The third kappa shape index (κ3) is 2.28. The zero-order valence-corrected chi connectivity index (χ0v) is 14.8. The highest BCUT2D eigenvalue weighted by Crippen LogP contribution is 2.56. The lowest BCUT2D eigenvalue weighted by Gasteiger charge is -2.49.